The Morgan fingerprint density at radius 1 is 0.957 bits per heavy atom. The molecule has 1 N–H and O–H groups in total. The average Bonchev–Trinajstić information content (AvgIpc) is 3.31. The number of nitro groups is 1. The molecule has 13 heteroatoms. The first-order valence-electron chi connectivity index (χ1n) is 15.8. The fourth-order valence-corrected chi connectivity index (χ4v) is 10.2. The molecule has 0 spiro atoms. The summed E-state index contributed by atoms with van der Waals surface area (Å²) in [6.07, 6.45) is 2.80. The van der Waals surface area contributed by atoms with Crippen LogP contribution in [-0.2, 0) is 24.5 Å². The molecule has 252 valence electrons. The Labute approximate surface area is 279 Å². The van der Waals surface area contributed by atoms with E-state index in [9.17, 15) is 26.9 Å². The molecule has 0 amide bonds. The van der Waals surface area contributed by atoms with Gasteiger partial charge in [0, 0.05) is 30.5 Å². The first kappa shape index (κ1) is 34.8. The van der Waals surface area contributed by atoms with E-state index in [1.807, 2.05) is 25.1 Å². The summed E-state index contributed by atoms with van der Waals surface area (Å²) < 4.78 is 67.9. The maximum absolute atomic E-state index is 14.7. The number of hydrogen-bond acceptors (Lipinski definition) is 7. The number of aryl methyl sites for hydroxylation is 1. The summed E-state index contributed by atoms with van der Waals surface area (Å²) in [7, 11) is -11.0. The predicted molar refractivity (Wildman–Crippen MR) is 186 cm³/mol. The van der Waals surface area contributed by atoms with Crippen LogP contribution in [0.15, 0.2) is 93.9 Å². The van der Waals surface area contributed by atoms with Crippen LogP contribution in [0, 0.1) is 17.0 Å². The summed E-state index contributed by atoms with van der Waals surface area (Å²) in [5.41, 5.74) is 2.33. The van der Waals surface area contributed by atoms with Gasteiger partial charge in [0.2, 0.25) is 18.3 Å². The van der Waals surface area contributed by atoms with Gasteiger partial charge in [0.15, 0.2) is 4.90 Å². The third-order valence-electron chi connectivity index (χ3n) is 9.66. The Bertz CT molecular complexity index is 1920. The molecule has 1 aliphatic carbocycles. The van der Waals surface area contributed by atoms with Crippen molar-refractivity contribution in [2.24, 2.45) is 0 Å². The molecule has 3 aromatic carbocycles. The van der Waals surface area contributed by atoms with Crippen molar-refractivity contribution in [2.45, 2.75) is 93.3 Å². The second kappa shape index (κ2) is 12.8. The largest absolute Gasteiger partial charge is 0.546 e. The lowest BCUT2D eigenvalue weighted by atomic mass is 9.83. The molecule has 10 nitrogen and oxygen atoms in total. The number of nitrogens with zero attached hydrogens (tertiary/aromatic N) is 2. The van der Waals surface area contributed by atoms with Gasteiger partial charge in [-0.15, -0.1) is 0 Å². The number of nitrogens with one attached hydrogen (secondary N) is 1. The zero-order valence-electron chi connectivity index (χ0n) is 27.7. The van der Waals surface area contributed by atoms with Gasteiger partial charge >= 0.3 is 0 Å². The van der Waals surface area contributed by atoms with Gasteiger partial charge in [-0.3, -0.25) is 14.4 Å². The van der Waals surface area contributed by atoms with E-state index in [2.05, 4.69) is 38.6 Å². The van der Waals surface area contributed by atoms with E-state index in [1.54, 1.807) is 30.3 Å². The van der Waals surface area contributed by atoms with E-state index in [-0.39, 0.29) is 22.4 Å². The minimum Gasteiger partial charge on any atom is -0.546 e. The third kappa shape index (κ3) is 6.76. The molecule has 0 saturated heterocycles. The van der Waals surface area contributed by atoms with Crippen LogP contribution in [0.3, 0.4) is 0 Å². The molecule has 5 rings (SSSR count). The van der Waals surface area contributed by atoms with Crippen molar-refractivity contribution >= 4 is 39.7 Å². The molecule has 2 unspecified atom stereocenters. The van der Waals surface area contributed by atoms with Crippen molar-refractivity contribution in [1.29, 1.82) is 0 Å². The molecule has 2 aliphatic rings. The average molecular weight is 698 g/mol. The topological polar surface area (TPSA) is 136 Å². The van der Waals surface area contributed by atoms with Gasteiger partial charge in [0.25, 0.3) is 15.7 Å². The van der Waals surface area contributed by atoms with Crippen LogP contribution in [0.5, 0.6) is 0 Å². The fourth-order valence-electron chi connectivity index (χ4n) is 6.13. The van der Waals surface area contributed by atoms with Crippen molar-refractivity contribution in [3.63, 3.8) is 0 Å². The highest BCUT2D eigenvalue weighted by Gasteiger charge is 2.49. The highest BCUT2D eigenvalue weighted by atomic mass is 32.2. The molecule has 0 fully saturated rings. The Kier molecular flexibility index (Phi) is 9.50. The number of fused-ring (bicyclic) bond motifs is 3. The van der Waals surface area contributed by atoms with E-state index in [0.717, 1.165) is 30.0 Å². The standard InChI is InChI=1S/C34H43N3O7S2Si/c1-24-19-21-25(22-20-24)46(42,43)36-29-15-9-7-13-26(29)27-14-8-11-17-31(44-47(5,6)34(2,3)4)28(33(27)36)23-35-45(40,41)32-18-12-10-16-30(32)37(38)39/h7,9-10,12-13,15-16,18-22,27,33,35H,8,11,14,17,23H2,1-6H3/b31-28+. The number of nitro benzene ring substituents is 1. The van der Waals surface area contributed by atoms with Gasteiger partial charge in [0.1, 0.15) is 0 Å². The third-order valence-corrected chi connectivity index (χ3v) is 17.3. The number of para-hydroxylation sites is 2. The summed E-state index contributed by atoms with van der Waals surface area (Å²) in [6, 6.07) is 18.6. The predicted octanol–water partition coefficient (Wildman–Crippen LogP) is 7.39. The van der Waals surface area contributed by atoms with Crippen LogP contribution >= 0.6 is 0 Å². The van der Waals surface area contributed by atoms with Crippen LogP contribution in [0.2, 0.25) is 18.1 Å². The number of anilines is 1. The molecule has 1 heterocycles. The summed E-state index contributed by atoms with van der Waals surface area (Å²) in [5.74, 6) is 0.323. The minimum atomic E-state index is -4.40. The zero-order valence-corrected chi connectivity index (χ0v) is 30.3. The second-order valence-corrected chi connectivity index (χ2v) is 22.1. The van der Waals surface area contributed by atoms with Gasteiger partial charge in [0.05, 0.1) is 27.3 Å². The lowest BCUT2D eigenvalue weighted by Crippen LogP contribution is -2.46. The first-order chi connectivity index (χ1) is 22.0. The van der Waals surface area contributed by atoms with Gasteiger partial charge in [-0.2, -0.15) is 0 Å². The maximum atomic E-state index is 14.7. The van der Waals surface area contributed by atoms with Crippen LogP contribution in [0.1, 0.15) is 63.5 Å². The van der Waals surface area contributed by atoms with Gasteiger partial charge in [-0.1, -0.05) is 75.2 Å². The van der Waals surface area contributed by atoms with E-state index in [1.165, 1.54) is 22.5 Å². The molecular weight excluding hydrogens is 655 g/mol. The van der Waals surface area contributed by atoms with Crippen LogP contribution < -0.4 is 9.03 Å². The first-order valence-corrected chi connectivity index (χ1v) is 21.6. The molecule has 0 saturated carbocycles. The zero-order chi connectivity index (χ0) is 34.4. The molecule has 2 atom stereocenters. The summed E-state index contributed by atoms with van der Waals surface area (Å²) in [6.45, 7) is 12.2. The van der Waals surface area contributed by atoms with Gasteiger partial charge in [-0.25, -0.2) is 21.6 Å². The van der Waals surface area contributed by atoms with Crippen molar-refractivity contribution in [3.8, 4) is 0 Å². The Morgan fingerprint density at radius 2 is 1.60 bits per heavy atom. The molecule has 0 aromatic heterocycles. The fraction of sp³-hybridized carbons (Fsp3) is 0.412. The van der Waals surface area contributed by atoms with Gasteiger partial charge in [-0.05, 0) is 67.7 Å². The molecular formula is C34H43N3O7S2Si. The van der Waals surface area contributed by atoms with Gasteiger partial charge < -0.3 is 4.43 Å². The van der Waals surface area contributed by atoms with Crippen LogP contribution in [0.25, 0.3) is 0 Å². The van der Waals surface area contributed by atoms with E-state index < -0.39 is 49.9 Å². The van der Waals surface area contributed by atoms with E-state index >= 15 is 0 Å². The minimum absolute atomic E-state index is 0.132. The monoisotopic (exact) mass is 697 g/mol. The molecule has 0 radical (unpaired) electrons. The Morgan fingerprint density at radius 3 is 2.26 bits per heavy atom. The second-order valence-electron chi connectivity index (χ2n) is 13.8. The van der Waals surface area contributed by atoms with Crippen LogP contribution in [0.4, 0.5) is 11.4 Å². The number of rotatable bonds is 9. The molecule has 0 bridgehead atoms. The number of benzene rings is 3. The molecule has 3 aromatic rings. The molecule has 47 heavy (non-hydrogen) atoms. The molecule has 1 aliphatic heterocycles. The summed E-state index contributed by atoms with van der Waals surface area (Å²) >= 11 is 0. The van der Waals surface area contributed by atoms with E-state index in [0.29, 0.717) is 29.9 Å². The summed E-state index contributed by atoms with van der Waals surface area (Å²) in [5, 5.41) is 11.6. The lowest BCUT2D eigenvalue weighted by Gasteiger charge is -2.40. The van der Waals surface area contributed by atoms with Crippen molar-refractivity contribution < 1.29 is 26.2 Å². The van der Waals surface area contributed by atoms with Crippen molar-refractivity contribution in [2.75, 3.05) is 10.8 Å². The quantitative estimate of drug-likeness (QED) is 0.140. The lowest BCUT2D eigenvalue weighted by molar-refractivity contribution is -0.387. The van der Waals surface area contributed by atoms with Crippen LogP contribution in [-0.4, -0.2) is 42.7 Å². The number of allylic oxidation sites excluding steroid dienone is 1. The van der Waals surface area contributed by atoms with E-state index in [4.69, 9.17) is 4.43 Å². The number of hydrogen-bond donors (Lipinski definition) is 1. The highest BCUT2D eigenvalue weighted by Crippen LogP contribution is 2.51. The Hall–Kier alpha value is -3.52. The maximum Gasteiger partial charge on any atom is 0.289 e. The number of sulfonamides is 2. The van der Waals surface area contributed by atoms with Crippen molar-refractivity contribution in [3.05, 3.63) is 105 Å². The highest BCUT2D eigenvalue weighted by molar-refractivity contribution is 7.93. The Balaban J connectivity index is 1.72. The normalized spacial score (nSPS) is 20.6. The SMILES string of the molecule is Cc1ccc(S(=O)(=O)N2c3ccccc3C3CCCC/C(O[Si](C)(C)C(C)(C)C)=C(/CNS(=O)(=O)c4ccccc4[N+](=O)[O-])C32)cc1. The summed E-state index contributed by atoms with van der Waals surface area (Å²) in [4.78, 5) is 10.7. The smallest absolute Gasteiger partial charge is 0.289 e. The van der Waals surface area contributed by atoms with Crippen molar-refractivity contribution in [1.82, 2.24) is 4.72 Å².